The Hall–Kier alpha value is -2.65. The highest BCUT2D eigenvalue weighted by molar-refractivity contribution is 6.30. The third-order valence-corrected chi connectivity index (χ3v) is 3.10. The number of alkyl halides is 3. The van der Waals surface area contributed by atoms with Crippen LogP contribution in [0.5, 0.6) is 0 Å². The highest BCUT2D eigenvalue weighted by Gasteiger charge is 2.29. The minimum atomic E-state index is -4.41. The highest BCUT2D eigenvalue weighted by atomic mass is 35.5. The average Bonchev–Trinajstić information content (AvgIpc) is 2.51. The Morgan fingerprint density at radius 1 is 1.12 bits per heavy atom. The lowest BCUT2D eigenvalue weighted by molar-refractivity contribution is -0.137. The van der Waals surface area contributed by atoms with Gasteiger partial charge in [-0.1, -0.05) is 29.5 Å². The first-order chi connectivity index (χ1) is 11.3. The molecule has 7 heteroatoms. The van der Waals surface area contributed by atoms with E-state index in [2.05, 4.69) is 22.5 Å². The number of hydrogen-bond donors (Lipinski definition) is 2. The second-order valence-electron chi connectivity index (χ2n) is 4.69. The van der Waals surface area contributed by atoms with Crippen molar-refractivity contribution in [2.24, 2.45) is 0 Å². The van der Waals surface area contributed by atoms with Gasteiger partial charge in [-0.3, -0.25) is 0 Å². The number of anilines is 1. The summed E-state index contributed by atoms with van der Waals surface area (Å²) >= 11 is 5.82. The maximum absolute atomic E-state index is 12.4. The van der Waals surface area contributed by atoms with Gasteiger partial charge in [0.25, 0.3) is 0 Å². The number of halogens is 4. The number of carbonyl (C=O) groups excluding carboxylic acids is 1. The van der Waals surface area contributed by atoms with E-state index >= 15 is 0 Å². The number of nitrogens with one attached hydrogen (secondary N) is 2. The molecular weight excluding hydrogens is 341 g/mol. The number of amides is 2. The van der Waals surface area contributed by atoms with Crippen molar-refractivity contribution in [2.45, 2.75) is 6.18 Å². The SMILES string of the molecule is O=C(NCC#Cc1cccc(Cl)c1)Nc1ccc(C(F)(F)F)cc1. The molecule has 0 aliphatic heterocycles. The van der Waals surface area contributed by atoms with Crippen molar-refractivity contribution < 1.29 is 18.0 Å². The fourth-order valence-electron chi connectivity index (χ4n) is 1.75. The van der Waals surface area contributed by atoms with E-state index < -0.39 is 17.8 Å². The molecule has 0 heterocycles. The summed E-state index contributed by atoms with van der Waals surface area (Å²) in [6, 6.07) is 10.6. The van der Waals surface area contributed by atoms with Crippen LogP contribution in [0, 0.1) is 11.8 Å². The minimum Gasteiger partial charge on any atom is -0.327 e. The third kappa shape index (κ3) is 5.52. The van der Waals surface area contributed by atoms with E-state index in [1.165, 1.54) is 12.1 Å². The van der Waals surface area contributed by atoms with Gasteiger partial charge in [-0.15, -0.1) is 0 Å². The zero-order valence-corrected chi connectivity index (χ0v) is 13.0. The molecule has 3 nitrogen and oxygen atoms in total. The maximum Gasteiger partial charge on any atom is 0.416 e. The molecule has 2 rings (SSSR count). The van der Waals surface area contributed by atoms with Crippen LogP contribution >= 0.6 is 11.6 Å². The van der Waals surface area contributed by atoms with Gasteiger partial charge < -0.3 is 10.6 Å². The molecular formula is C17H12ClF3N2O. The zero-order chi connectivity index (χ0) is 17.6. The molecule has 2 aromatic rings. The van der Waals surface area contributed by atoms with Crippen LogP contribution < -0.4 is 10.6 Å². The molecule has 2 N–H and O–H groups in total. The van der Waals surface area contributed by atoms with Gasteiger partial charge in [-0.2, -0.15) is 13.2 Å². The summed E-state index contributed by atoms with van der Waals surface area (Å²) in [5.41, 5.74) is 0.191. The van der Waals surface area contributed by atoms with Crippen molar-refractivity contribution in [2.75, 3.05) is 11.9 Å². The molecule has 24 heavy (non-hydrogen) atoms. The first-order valence-corrected chi connectivity index (χ1v) is 7.19. The van der Waals surface area contributed by atoms with Crippen molar-refractivity contribution in [1.29, 1.82) is 0 Å². The van der Waals surface area contributed by atoms with Crippen molar-refractivity contribution in [3.05, 3.63) is 64.7 Å². The maximum atomic E-state index is 12.4. The monoisotopic (exact) mass is 352 g/mol. The van der Waals surface area contributed by atoms with Crippen LogP contribution in [0.3, 0.4) is 0 Å². The summed E-state index contributed by atoms with van der Waals surface area (Å²) in [6.07, 6.45) is -4.41. The fourth-order valence-corrected chi connectivity index (χ4v) is 1.95. The number of urea groups is 1. The van der Waals surface area contributed by atoms with Crippen LogP contribution in [0.1, 0.15) is 11.1 Å². The molecule has 0 spiro atoms. The Morgan fingerprint density at radius 3 is 2.46 bits per heavy atom. The van der Waals surface area contributed by atoms with Gasteiger partial charge in [0, 0.05) is 16.3 Å². The zero-order valence-electron chi connectivity index (χ0n) is 12.2. The van der Waals surface area contributed by atoms with Crippen LogP contribution in [0.2, 0.25) is 5.02 Å². The van der Waals surface area contributed by atoms with E-state index in [9.17, 15) is 18.0 Å². The van der Waals surface area contributed by atoms with Crippen molar-refractivity contribution in [1.82, 2.24) is 5.32 Å². The Labute approximate surface area is 141 Å². The van der Waals surface area contributed by atoms with Crippen molar-refractivity contribution >= 4 is 23.3 Å². The predicted molar refractivity (Wildman–Crippen MR) is 86.8 cm³/mol. The summed E-state index contributed by atoms with van der Waals surface area (Å²) < 4.78 is 37.3. The van der Waals surface area contributed by atoms with Gasteiger partial charge in [-0.05, 0) is 42.5 Å². The van der Waals surface area contributed by atoms with E-state index in [4.69, 9.17) is 11.6 Å². The molecule has 0 saturated heterocycles. The lowest BCUT2D eigenvalue weighted by Gasteiger charge is -2.08. The van der Waals surface area contributed by atoms with E-state index in [0.717, 1.165) is 12.1 Å². The molecule has 0 aromatic heterocycles. The number of hydrogen-bond acceptors (Lipinski definition) is 1. The van der Waals surface area contributed by atoms with Gasteiger partial charge >= 0.3 is 12.2 Å². The summed E-state index contributed by atoms with van der Waals surface area (Å²) in [4.78, 5) is 11.6. The standard InChI is InChI=1S/C17H12ClF3N2O/c18-14-5-1-3-12(11-14)4-2-10-22-16(24)23-15-8-6-13(7-9-15)17(19,20)21/h1,3,5-9,11H,10H2,(H2,22,23,24). The Morgan fingerprint density at radius 2 is 1.83 bits per heavy atom. The number of rotatable bonds is 2. The molecule has 0 aliphatic carbocycles. The summed E-state index contributed by atoms with van der Waals surface area (Å²) in [5, 5.41) is 5.47. The molecule has 0 saturated carbocycles. The van der Waals surface area contributed by atoms with Gasteiger partial charge in [0.1, 0.15) is 0 Å². The molecule has 0 fully saturated rings. The minimum absolute atomic E-state index is 0.0823. The van der Waals surface area contributed by atoms with Crippen LogP contribution in [0.25, 0.3) is 0 Å². The highest BCUT2D eigenvalue weighted by Crippen LogP contribution is 2.29. The van der Waals surface area contributed by atoms with Crippen molar-refractivity contribution in [3.63, 3.8) is 0 Å². The average molecular weight is 353 g/mol. The molecule has 0 bridgehead atoms. The molecule has 0 radical (unpaired) electrons. The summed E-state index contributed by atoms with van der Waals surface area (Å²) in [6.45, 7) is 0.0823. The van der Waals surface area contributed by atoms with Gasteiger partial charge in [0.05, 0.1) is 12.1 Å². The van der Waals surface area contributed by atoms with E-state index in [0.29, 0.717) is 10.6 Å². The van der Waals surface area contributed by atoms with E-state index in [-0.39, 0.29) is 12.2 Å². The summed E-state index contributed by atoms with van der Waals surface area (Å²) in [5.74, 6) is 5.57. The normalized spacial score (nSPS) is 10.5. The topological polar surface area (TPSA) is 41.1 Å². The predicted octanol–water partition coefficient (Wildman–Crippen LogP) is 4.53. The lowest BCUT2D eigenvalue weighted by Crippen LogP contribution is -2.28. The Balaban J connectivity index is 1.84. The van der Waals surface area contributed by atoms with Crippen molar-refractivity contribution in [3.8, 4) is 11.8 Å². The van der Waals surface area contributed by atoms with Crippen LogP contribution in [-0.2, 0) is 6.18 Å². The van der Waals surface area contributed by atoms with E-state index in [1.54, 1.807) is 24.3 Å². The van der Waals surface area contributed by atoms with Gasteiger partial charge in [-0.25, -0.2) is 4.79 Å². The smallest absolute Gasteiger partial charge is 0.327 e. The number of benzene rings is 2. The summed E-state index contributed by atoms with van der Waals surface area (Å²) in [7, 11) is 0. The number of carbonyl (C=O) groups is 1. The fraction of sp³-hybridized carbons (Fsp3) is 0.118. The second-order valence-corrected chi connectivity index (χ2v) is 5.13. The van der Waals surface area contributed by atoms with E-state index in [1.807, 2.05) is 0 Å². The first-order valence-electron chi connectivity index (χ1n) is 6.81. The third-order valence-electron chi connectivity index (χ3n) is 2.86. The Kier molecular flexibility index (Phi) is 5.72. The molecule has 2 amide bonds. The second kappa shape index (κ2) is 7.75. The molecule has 0 unspecified atom stereocenters. The van der Waals surface area contributed by atoms with Gasteiger partial charge in [0.2, 0.25) is 0 Å². The molecule has 0 aliphatic rings. The molecule has 0 atom stereocenters. The quantitative estimate of drug-likeness (QED) is 0.766. The van der Waals surface area contributed by atoms with Crippen LogP contribution in [-0.4, -0.2) is 12.6 Å². The first kappa shape index (κ1) is 17.7. The molecule has 2 aromatic carbocycles. The largest absolute Gasteiger partial charge is 0.416 e. The Bertz CT molecular complexity index is 777. The van der Waals surface area contributed by atoms with Crippen LogP contribution in [0.4, 0.5) is 23.7 Å². The lowest BCUT2D eigenvalue weighted by atomic mass is 10.2. The van der Waals surface area contributed by atoms with Gasteiger partial charge in [0.15, 0.2) is 0 Å². The van der Waals surface area contributed by atoms with Crippen LogP contribution in [0.15, 0.2) is 48.5 Å². The molecule has 124 valence electrons.